The smallest absolute Gasteiger partial charge is 0.359 e. The highest BCUT2D eigenvalue weighted by atomic mass is 31.2. The lowest BCUT2D eigenvalue weighted by molar-refractivity contribution is -0.0534. The van der Waals surface area contributed by atoms with Gasteiger partial charge in [0.1, 0.15) is 18.3 Å². The molecule has 12 heteroatoms. The van der Waals surface area contributed by atoms with Crippen LogP contribution in [0, 0.1) is 0 Å². The zero-order valence-electron chi connectivity index (χ0n) is 18.7. The van der Waals surface area contributed by atoms with Gasteiger partial charge in [-0.3, -0.25) is 13.9 Å². The molecule has 1 aromatic rings. The Labute approximate surface area is 180 Å². The fourth-order valence-corrected chi connectivity index (χ4v) is 4.87. The SMILES string of the molecule is CCC(C)(C[C@H]1O[C@@H](c2cn(C)c(=O)n(C)c2=O)[C@H](O)[C@@H]1O)OP(=O)(O)[C@@](C)(O)CC. The van der Waals surface area contributed by atoms with E-state index in [0.717, 1.165) is 4.57 Å². The molecule has 11 nitrogen and oxygen atoms in total. The molecule has 2 heterocycles. The van der Waals surface area contributed by atoms with Crippen LogP contribution in [-0.4, -0.2) is 58.6 Å². The first-order chi connectivity index (χ1) is 14.1. The van der Waals surface area contributed by atoms with Crippen LogP contribution in [0.5, 0.6) is 0 Å². The standard InChI is InChI=1S/C19H33N2O9P/c1-7-18(3,30-31(27,28)19(4,26)8-2)9-12-13(22)14(23)15(29-12)11-10-20(5)17(25)21(6)16(11)24/h10,12-15,22-23,26H,7-9H2,1-6H3,(H,27,28)/t12-,13-,14-,15+,18?,19-/m1/s1. The van der Waals surface area contributed by atoms with E-state index >= 15 is 0 Å². The van der Waals surface area contributed by atoms with E-state index in [1.807, 2.05) is 0 Å². The van der Waals surface area contributed by atoms with Gasteiger partial charge < -0.3 is 34.0 Å². The van der Waals surface area contributed by atoms with Gasteiger partial charge in [-0.15, -0.1) is 0 Å². The molecule has 0 saturated carbocycles. The Morgan fingerprint density at radius 3 is 2.26 bits per heavy atom. The quantitative estimate of drug-likeness (QED) is 0.392. The zero-order chi connectivity index (χ0) is 23.9. The largest absolute Gasteiger partial charge is 0.388 e. The van der Waals surface area contributed by atoms with Crippen molar-refractivity contribution in [2.75, 3.05) is 0 Å². The Morgan fingerprint density at radius 1 is 1.16 bits per heavy atom. The van der Waals surface area contributed by atoms with Gasteiger partial charge in [0, 0.05) is 26.7 Å². The number of hydrogen-bond donors (Lipinski definition) is 4. The van der Waals surface area contributed by atoms with Crippen molar-refractivity contribution in [1.82, 2.24) is 9.13 Å². The van der Waals surface area contributed by atoms with Gasteiger partial charge in [-0.25, -0.2) is 4.79 Å². The third kappa shape index (κ3) is 4.88. The van der Waals surface area contributed by atoms with Crippen LogP contribution in [0.3, 0.4) is 0 Å². The summed E-state index contributed by atoms with van der Waals surface area (Å²) in [5.41, 5.74) is -2.49. The van der Waals surface area contributed by atoms with E-state index in [9.17, 15) is 34.4 Å². The van der Waals surface area contributed by atoms with E-state index in [-0.39, 0.29) is 24.8 Å². The van der Waals surface area contributed by atoms with Crippen molar-refractivity contribution in [2.24, 2.45) is 14.1 Å². The topological polar surface area (TPSA) is 160 Å². The van der Waals surface area contributed by atoms with Crippen LogP contribution < -0.4 is 11.2 Å². The molecule has 178 valence electrons. The summed E-state index contributed by atoms with van der Waals surface area (Å²) in [7, 11) is -1.72. The number of rotatable bonds is 8. The normalized spacial score (nSPS) is 29.9. The van der Waals surface area contributed by atoms with E-state index in [1.54, 1.807) is 20.8 Å². The predicted molar refractivity (Wildman–Crippen MR) is 112 cm³/mol. The van der Waals surface area contributed by atoms with E-state index in [4.69, 9.17) is 9.26 Å². The number of ether oxygens (including phenoxy) is 1. The summed E-state index contributed by atoms with van der Waals surface area (Å²) in [4.78, 5) is 34.7. The van der Waals surface area contributed by atoms with Crippen LogP contribution >= 0.6 is 7.60 Å². The molecule has 1 aliphatic rings. The third-order valence-electron chi connectivity index (χ3n) is 6.15. The van der Waals surface area contributed by atoms with Gasteiger partial charge in [0.25, 0.3) is 5.56 Å². The average Bonchev–Trinajstić information content (AvgIpc) is 2.96. The molecule has 1 aromatic heterocycles. The number of hydrogen-bond acceptors (Lipinski definition) is 8. The Bertz CT molecular complexity index is 972. The van der Waals surface area contributed by atoms with Crippen LogP contribution in [0.25, 0.3) is 0 Å². The first-order valence-electron chi connectivity index (χ1n) is 10.1. The molecule has 0 spiro atoms. The minimum atomic E-state index is -4.46. The van der Waals surface area contributed by atoms with Crippen LogP contribution in [0.4, 0.5) is 0 Å². The number of aliphatic hydroxyl groups is 3. The second-order valence-corrected chi connectivity index (χ2v) is 10.8. The molecule has 31 heavy (non-hydrogen) atoms. The highest BCUT2D eigenvalue weighted by molar-refractivity contribution is 7.54. The summed E-state index contributed by atoms with van der Waals surface area (Å²) in [6.45, 7) is 6.01. The Balaban J connectivity index is 2.32. The summed E-state index contributed by atoms with van der Waals surface area (Å²) < 4.78 is 25.9. The van der Waals surface area contributed by atoms with Crippen molar-refractivity contribution in [3.8, 4) is 0 Å². The molecule has 4 N–H and O–H groups in total. The van der Waals surface area contributed by atoms with Crippen molar-refractivity contribution < 1.29 is 34.0 Å². The van der Waals surface area contributed by atoms with Crippen LogP contribution in [-0.2, 0) is 27.9 Å². The molecule has 2 unspecified atom stereocenters. The fraction of sp³-hybridized carbons (Fsp3) is 0.789. The summed E-state index contributed by atoms with van der Waals surface area (Å²) in [6, 6.07) is 0. The van der Waals surface area contributed by atoms with Gasteiger partial charge in [-0.05, 0) is 26.7 Å². The zero-order valence-corrected chi connectivity index (χ0v) is 19.6. The monoisotopic (exact) mass is 464 g/mol. The van der Waals surface area contributed by atoms with E-state index in [1.165, 1.54) is 31.8 Å². The third-order valence-corrected chi connectivity index (χ3v) is 8.37. The second-order valence-electron chi connectivity index (χ2n) is 8.61. The Kier molecular flexibility index (Phi) is 7.44. The summed E-state index contributed by atoms with van der Waals surface area (Å²) >= 11 is 0. The lowest BCUT2D eigenvalue weighted by Gasteiger charge is -2.37. The first-order valence-corrected chi connectivity index (χ1v) is 11.7. The van der Waals surface area contributed by atoms with E-state index < -0.39 is 54.2 Å². The Hall–Kier alpha value is -1.33. The molecule has 0 amide bonds. The Morgan fingerprint density at radius 2 is 1.74 bits per heavy atom. The van der Waals surface area contributed by atoms with E-state index in [2.05, 4.69) is 0 Å². The molecule has 7 atom stereocenters. The number of aryl methyl sites for hydroxylation is 1. The maximum atomic E-state index is 12.7. The molecular formula is C19H33N2O9P. The lowest BCUT2D eigenvalue weighted by Crippen LogP contribution is -2.41. The summed E-state index contributed by atoms with van der Waals surface area (Å²) in [5, 5.41) is 29.4. The summed E-state index contributed by atoms with van der Waals surface area (Å²) in [6.07, 6.45) is -3.71. The van der Waals surface area contributed by atoms with Gasteiger partial charge in [0.05, 0.1) is 17.3 Å². The van der Waals surface area contributed by atoms with Crippen molar-refractivity contribution >= 4 is 7.60 Å². The molecule has 1 saturated heterocycles. The average molecular weight is 464 g/mol. The van der Waals surface area contributed by atoms with Gasteiger partial charge in [-0.2, -0.15) is 0 Å². The maximum absolute atomic E-state index is 12.7. The van der Waals surface area contributed by atoms with Crippen LogP contribution in [0.15, 0.2) is 15.8 Å². The van der Waals surface area contributed by atoms with E-state index in [0.29, 0.717) is 0 Å². The molecule has 1 fully saturated rings. The molecule has 0 aromatic carbocycles. The fourth-order valence-electron chi connectivity index (χ4n) is 3.47. The van der Waals surface area contributed by atoms with Crippen LogP contribution in [0.2, 0.25) is 0 Å². The minimum absolute atomic E-state index is 0.000448. The highest BCUT2D eigenvalue weighted by Gasteiger charge is 2.51. The van der Waals surface area contributed by atoms with Gasteiger partial charge in [-0.1, -0.05) is 13.8 Å². The van der Waals surface area contributed by atoms with Crippen molar-refractivity contribution in [1.29, 1.82) is 0 Å². The van der Waals surface area contributed by atoms with Crippen molar-refractivity contribution in [3.63, 3.8) is 0 Å². The van der Waals surface area contributed by atoms with Gasteiger partial charge in [0.15, 0.2) is 5.34 Å². The minimum Gasteiger partial charge on any atom is -0.388 e. The molecule has 1 aliphatic heterocycles. The van der Waals surface area contributed by atoms with Crippen molar-refractivity contribution in [3.05, 3.63) is 32.6 Å². The number of aliphatic hydroxyl groups excluding tert-OH is 2. The summed E-state index contributed by atoms with van der Waals surface area (Å²) in [5.74, 6) is 0. The number of nitrogens with zero attached hydrogens (tertiary/aromatic N) is 2. The molecule has 0 bridgehead atoms. The molecular weight excluding hydrogens is 431 g/mol. The molecule has 2 rings (SSSR count). The van der Waals surface area contributed by atoms with Gasteiger partial charge in [0.2, 0.25) is 0 Å². The maximum Gasteiger partial charge on any atom is 0.359 e. The molecule has 0 aliphatic carbocycles. The van der Waals surface area contributed by atoms with Crippen molar-refractivity contribution in [2.45, 2.75) is 82.3 Å². The van der Waals surface area contributed by atoms with Crippen LogP contribution in [0.1, 0.15) is 58.6 Å². The second kappa shape index (κ2) is 8.90. The highest BCUT2D eigenvalue weighted by Crippen LogP contribution is 2.59. The van der Waals surface area contributed by atoms with Gasteiger partial charge >= 0.3 is 13.3 Å². The first kappa shape index (κ1) is 25.9. The molecule has 0 radical (unpaired) electrons. The lowest BCUT2D eigenvalue weighted by atomic mass is 9.92. The predicted octanol–water partition coefficient (Wildman–Crippen LogP) is 0.125. The number of aromatic nitrogens is 2.